The summed E-state index contributed by atoms with van der Waals surface area (Å²) in [6, 6.07) is 21.5. The number of nitrogens with zero attached hydrogens (tertiary/aromatic N) is 3. The van der Waals surface area contributed by atoms with Gasteiger partial charge in [0.2, 0.25) is 0 Å². The number of nitro benzene ring substituents is 1. The van der Waals surface area contributed by atoms with Gasteiger partial charge in [0, 0.05) is 34.9 Å². The molecule has 0 spiro atoms. The third kappa shape index (κ3) is 5.74. The maximum atomic E-state index is 14.3. The maximum Gasteiger partial charge on any atom is 0.338 e. The number of fused-ring (bicyclic) bond motifs is 1. The van der Waals surface area contributed by atoms with Crippen LogP contribution in [0.4, 0.5) is 5.69 Å². The molecule has 3 heterocycles. The minimum atomic E-state index is -0.970. The number of aryl methyl sites for hydroxylation is 1. The predicted octanol–water partition coefficient (Wildman–Crippen LogP) is 5.43. The fraction of sp³-hybridized carbons (Fsp3) is 0.171. The van der Waals surface area contributed by atoms with Crippen LogP contribution in [0.1, 0.15) is 35.4 Å². The monoisotopic (exact) mass is 651 g/mol. The number of esters is 1. The van der Waals surface area contributed by atoms with Gasteiger partial charge >= 0.3 is 5.97 Å². The van der Waals surface area contributed by atoms with E-state index < -0.39 is 22.5 Å². The molecule has 3 aromatic carbocycles. The van der Waals surface area contributed by atoms with Crippen LogP contribution < -0.4 is 24.4 Å². The Morgan fingerprint density at radius 2 is 1.85 bits per heavy atom. The first-order valence-electron chi connectivity index (χ1n) is 14.6. The number of hydrogen-bond acceptors (Lipinski definition) is 10. The highest BCUT2D eigenvalue weighted by Crippen LogP contribution is 2.42. The molecule has 47 heavy (non-hydrogen) atoms. The van der Waals surface area contributed by atoms with Gasteiger partial charge in [0.25, 0.3) is 11.2 Å². The number of carbonyl (C=O) groups excluding carboxylic acids is 1. The zero-order valence-electron chi connectivity index (χ0n) is 25.9. The number of thiazole rings is 1. The number of hydrogen-bond donors (Lipinski definition) is 0. The zero-order valence-corrected chi connectivity index (χ0v) is 26.7. The van der Waals surface area contributed by atoms with E-state index in [0.717, 1.165) is 11.3 Å². The van der Waals surface area contributed by atoms with E-state index in [0.29, 0.717) is 60.3 Å². The van der Waals surface area contributed by atoms with Crippen LogP contribution in [0.2, 0.25) is 0 Å². The number of furan rings is 1. The predicted molar refractivity (Wildman–Crippen MR) is 176 cm³/mol. The Morgan fingerprint density at radius 1 is 1.06 bits per heavy atom. The van der Waals surface area contributed by atoms with Crippen molar-refractivity contribution in [1.82, 2.24) is 4.57 Å². The molecule has 12 heteroatoms. The van der Waals surface area contributed by atoms with Gasteiger partial charge in [-0.3, -0.25) is 19.5 Å². The lowest BCUT2D eigenvalue weighted by Crippen LogP contribution is -2.40. The third-order valence-corrected chi connectivity index (χ3v) is 8.67. The van der Waals surface area contributed by atoms with E-state index in [2.05, 4.69) is 0 Å². The number of carbonyl (C=O) groups is 1. The second kappa shape index (κ2) is 12.9. The van der Waals surface area contributed by atoms with Crippen molar-refractivity contribution in [2.45, 2.75) is 19.9 Å². The normalized spacial score (nSPS) is 14.4. The quantitative estimate of drug-likeness (QED) is 0.117. The van der Waals surface area contributed by atoms with Gasteiger partial charge in [0.15, 0.2) is 16.3 Å². The molecule has 0 bridgehead atoms. The molecule has 0 radical (unpaired) electrons. The Kier molecular flexibility index (Phi) is 8.59. The third-order valence-electron chi connectivity index (χ3n) is 7.69. The van der Waals surface area contributed by atoms with Gasteiger partial charge in [-0.05, 0) is 43.7 Å². The molecule has 1 aliphatic rings. The van der Waals surface area contributed by atoms with E-state index in [-0.39, 0.29) is 17.9 Å². The molecule has 0 aliphatic carbocycles. The van der Waals surface area contributed by atoms with Gasteiger partial charge in [0.1, 0.15) is 17.6 Å². The Labute approximate surface area is 272 Å². The number of benzene rings is 3. The first-order chi connectivity index (χ1) is 22.7. The molecule has 6 rings (SSSR count). The highest BCUT2D eigenvalue weighted by Gasteiger charge is 2.37. The van der Waals surface area contributed by atoms with Crippen molar-refractivity contribution in [3.63, 3.8) is 0 Å². The number of para-hydroxylation sites is 1. The number of ether oxygens (including phenoxy) is 3. The van der Waals surface area contributed by atoms with Gasteiger partial charge in [-0.15, -0.1) is 0 Å². The molecule has 1 aliphatic heterocycles. The summed E-state index contributed by atoms with van der Waals surface area (Å²) in [5.74, 6) is 1.06. The second-order valence-electron chi connectivity index (χ2n) is 10.5. The number of rotatable bonds is 9. The fourth-order valence-corrected chi connectivity index (χ4v) is 6.59. The molecule has 238 valence electrons. The van der Waals surface area contributed by atoms with Crippen molar-refractivity contribution < 1.29 is 28.3 Å². The number of non-ortho nitro benzene ring substituents is 1. The summed E-state index contributed by atoms with van der Waals surface area (Å²) in [6.07, 6.45) is 1.62. The molecule has 11 nitrogen and oxygen atoms in total. The molecular formula is C35H29N3O8S. The van der Waals surface area contributed by atoms with Crippen LogP contribution in [0.3, 0.4) is 0 Å². The minimum Gasteiger partial charge on any atom is -0.493 e. The van der Waals surface area contributed by atoms with Crippen molar-refractivity contribution in [3.8, 4) is 22.8 Å². The Bertz CT molecular complexity index is 2230. The van der Waals surface area contributed by atoms with Crippen LogP contribution in [0.25, 0.3) is 23.1 Å². The Morgan fingerprint density at radius 3 is 2.53 bits per heavy atom. The lowest BCUT2D eigenvalue weighted by atomic mass is 9.92. The van der Waals surface area contributed by atoms with Gasteiger partial charge in [0.05, 0.1) is 41.6 Å². The van der Waals surface area contributed by atoms with Gasteiger partial charge in [-0.25, -0.2) is 9.79 Å². The zero-order chi connectivity index (χ0) is 33.2. The molecule has 0 saturated carbocycles. The first-order valence-corrected chi connectivity index (χ1v) is 15.4. The lowest BCUT2D eigenvalue weighted by molar-refractivity contribution is -0.384. The van der Waals surface area contributed by atoms with Crippen molar-refractivity contribution in [2.75, 3.05) is 20.8 Å². The van der Waals surface area contributed by atoms with E-state index >= 15 is 0 Å². The molecular weight excluding hydrogens is 622 g/mol. The fourth-order valence-electron chi connectivity index (χ4n) is 5.60. The number of nitro groups is 1. The molecule has 1 unspecified atom stereocenters. The number of methoxy groups -OCH3 is 2. The standard InChI is InChI=1S/C35H29N3O8S/c1-5-45-34(40)29-30(21-10-7-6-8-11-21)36-35-37(31(29)25-12-9-13-27(43-3)32(25)44-4)33(39)28(47-35)19-23-15-17-26(46-23)24-16-14-22(38(41)42)18-20(24)2/h6-19,31H,5H2,1-4H3. The van der Waals surface area contributed by atoms with Crippen LogP contribution in [0.15, 0.2) is 98.6 Å². The van der Waals surface area contributed by atoms with Gasteiger partial charge in [-0.2, -0.15) is 0 Å². The topological polar surface area (TPSA) is 135 Å². The van der Waals surface area contributed by atoms with Crippen molar-refractivity contribution in [1.29, 1.82) is 0 Å². The summed E-state index contributed by atoms with van der Waals surface area (Å²) in [7, 11) is 3.01. The van der Waals surface area contributed by atoms with Crippen molar-refractivity contribution >= 4 is 34.8 Å². The summed E-state index contributed by atoms with van der Waals surface area (Å²) >= 11 is 1.15. The highest BCUT2D eigenvalue weighted by molar-refractivity contribution is 7.07. The molecule has 2 aromatic heterocycles. The van der Waals surface area contributed by atoms with Gasteiger partial charge < -0.3 is 18.6 Å². The summed E-state index contributed by atoms with van der Waals surface area (Å²) < 4.78 is 24.8. The largest absolute Gasteiger partial charge is 0.493 e. The molecule has 1 atom stereocenters. The van der Waals surface area contributed by atoms with E-state index in [4.69, 9.17) is 23.6 Å². The van der Waals surface area contributed by atoms with E-state index in [1.165, 1.54) is 30.9 Å². The second-order valence-corrected chi connectivity index (χ2v) is 11.5. The molecule has 5 aromatic rings. The Balaban J connectivity index is 1.57. The SMILES string of the molecule is CCOC(=O)C1=C(c2ccccc2)N=c2sc(=Cc3ccc(-c4ccc([N+](=O)[O-])cc4C)o3)c(=O)n2C1c1cccc(OC)c1OC. The maximum absolute atomic E-state index is 14.3. The van der Waals surface area contributed by atoms with Gasteiger partial charge in [-0.1, -0.05) is 53.8 Å². The van der Waals surface area contributed by atoms with Crippen LogP contribution >= 0.6 is 11.3 Å². The van der Waals surface area contributed by atoms with Crippen LogP contribution in [-0.4, -0.2) is 36.3 Å². The molecule has 0 fully saturated rings. The Hall–Kier alpha value is -5.75. The molecule has 0 N–H and O–H groups in total. The molecule has 0 amide bonds. The molecule has 0 saturated heterocycles. The van der Waals surface area contributed by atoms with Crippen LogP contribution in [0.5, 0.6) is 11.5 Å². The van der Waals surface area contributed by atoms with Crippen LogP contribution in [0, 0.1) is 17.0 Å². The lowest BCUT2D eigenvalue weighted by Gasteiger charge is -2.27. The minimum absolute atomic E-state index is 0.0154. The van der Waals surface area contributed by atoms with Crippen molar-refractivity contribution in [3.05, 3.63) is 137 Å². The summed E-state index contributed by atoms with van der Waals surface area (Å²) in [6.45, 7) is 3.60. The summed E-state index contributed by atoms with van der Waals surface area (Å²) in [4.78, 5) is 44.0. The average molecular weight is 652 g/mol. The number of aromatic nitrogens is 1. The average Bonchev–Trinajstić information content (AvgIpc) is 3.67. The van der Waals surface area contributed by atoms with Crippen LogP contribution in [-0.2, 0) is 9.53 Å². The smallest absolute Gasteiger partial charge is 0.338 e. The van der Waals surface area contributed by atoms with Crippen molar-refractivity contribution in [2.24, 2.45) is 4.99 Å². The summed E-state index contributed by atoms with van der Waals surface area (Å²) in [5.41, 5.74) is 2.69. The van der Waals surface area contributed by atoms with E-state index in [9.17, 15) is 19.7 Å². The van der Waals surface area contributed by atoms with E-state index in [1.807, 2.05) is 30.3 Å². The summed E-state index contributed by atoms with van der Waals surface area (Å²) in [5, 5.41) is 11.2. The highest BCUT2D eigenvalue weighted by atomic mass is 32.1. The van der Waals surface area contributed by atoms with E-state index in [1.54, 1.807) is 56.3 Å². The first kappa shape index (κ1) is 31.2.